The van der Waals surface area contributed by atoms with Crippen LogP contribution >= 0.6 is 0 Å². The average molecular weight is 506 g/mol. The molecular formula is C26H36FN3O4S. The normalized spacial score (nSPS) is 12.7. The average Bonchev–Trinajstić information content (AvgIpc) is 2.73. The summed E-state index contributed by atoms with van der Waals surface area (Å²) >= 11 is 0. The Morgan fingerprint density at radius 1 is 1.06 bits per heavy atom. The first-order chi connectivity index (χ1) is 16.1. The van der Waals surface area contributed by atoms with Gasteiger partial charge < -0.3 is 10.2 Å². The van der Waals surface area contributed by atoms with E-state index in [9.17, 15) is 22.4 Å². The number of nitrogens with zero attached hydrogens (tertiary/aromatic N) is 2. The number of nitrogens with one attached hydrogen (secondary N) is 1. The van der Waals surface area contributed by atoms with Crippen molar-refractivity contribution in [2.45, 2.75) is 66.1 Å². The third-order valence-corrected chi connectivity index (χ3v) is 6.59. The predicted octanol–water partition coefficient (Wildman–Crippen LogP) is 3.93. The van der Waals surface area contributed by atoms with E-state index in [4.69, 9.17) is 0 Å². The van der Waals surface area contributed by atoms with Crippen molar-refractivity contribution >= 4 is 27.5 Å². The second-order valence-corrected chi connectivity index (χ2v) is 11.8. The molecule has 0 bridgehead atoms. The molecule has 0 spiro atoms. The van der Waals surface area contributed by atoms with Crippen molar-refractivity contribution in [2.24, 2.45) is 0 Å². The summed E-state index contributed by atoms with van der Waals surface area (Å²) in [6.07, 6.45) is 1.37. The maximum atomic E-state index is 13.7. The zero-order valence-corrected chi connectivity index (χ0v) is 22.4. The van der Waals surface area contributed by atoms with Crippen molar-refractivity contribution in [3.05, 3.63) is 65.0 Å². The molecule has 0 saturated carbocycles. The minimum absolute atomic E-state index is 0.0274. The molecule has 0 aliphatic heterocycles. The van der Waals surface area contributed by atoms with Crippen LogP contribution in [0.3, 0.4) is 0 Å². The van der Waals surface area contributed by atoms with Crippen molar-refractivity contribution in [3.63, 3.8) is 0 Å². The molecule has 2 rings (SSSR count). The van der Waals surface area contributed by atoms with Crippen LogP contribution < -0.4 is 9.62 Å². The highest BCUT2D eigenvalue weighted by molar-refractivity contribution is 7.92. The van der Waals surface area contributed by atoms with Gasteiger partial charge in [0.2, 0.25) is 21.8 Å². The fourth-order valence-electron chi connectivity index (χ4n) is 3.74. The molecule has 2 aromatic carbocycles. The van der Waals surface area contributed by atoms with Gasteiger partial charge in [-0.1, -0.05) is 31.2 Å². The summed E-state index contributed by atoms with van der Waals surface area (Å²) in [5, 5.41) is 2.91. The standard InChI is InChI=1S/C26H36FN3O4S/c1-8-22(25(32)28-26(4,5)6)29(16-20-11-13-21(27)14-12-20)24(31)17-30(35(7,33)34)23-15-18(2)9-10-19(23)3/h9-15,22H,8,16-17H2,1-7H3,(H,28,32)/t22-/m1/s1. The zero-order valence-electron chi connectivity index (χ0n) is 21.6. The molecule has 1 N–H and O–H groups in total. The number of hydrogen-bond acceptors (Lipinski definition) is 4. The number of carbonyl (C=O) groups is 2. The molecule has 7 nitrogen and oxygen atoms in total. The third-order valence-electron chi connectivity index (χ3n) is 5.46. The van der Waals surface area contributed by atoms with Crippen LogP contribution in [0, 0.1) is 19.7 Å². The highest BCUT2D eigenvalue weighted by atomic mass is 32.2. The Hall–Kier alpha value is -2.94. The van der Waals surface area contributed by atoms with Gasteiger partial charge in [0, 0.05) is 12.1 Å². The van der Waals surface area contributed by atoms with Crippen molar-refractivity contribution in [3.8, 4) is 0 Å². The van der Waals surface area contributed by atoms with Gasteiger partial charge in [-0.05, 0) is 75.9 Å². The Bertz CT molecular complexity index is 1160. The lowest BCUT2D eigenvalue weighted by Gasteiger charge is -2.34. The number of anilines is 1. The van der Waals surface area contributed by atoms with E-state index in [2.05, 4.69) is 5.32 Å². The summed E-state index contributed by atoms with van der Waals surface area (Å²) in [6.45, 7) is 10.5. The number of amides is 2. The number of benzene rings is 2. The van der Waals surface area contributed by atoms with Crippen LogP contribution in [0.4, 0.5) is 10.1 Å². The molecule has 0 saturated heterocycles. The third kappa shape index (κ3) is 8.06. The van der Waals surface area contributed by atoms with Gasteiger partial charge in [-0.15, -0.1) is 0 Å². The largest absolute Gasteiger partial charge is 0.350 e. The number of hydrogen-bond donors (Lipinski definition) is 1. The van der Waals surface area contributed by atoms with Crippen LogP contribution in [0.15, 0.2) is 42.5 Å². The van der Waals surface area contributed by atoms with Crippen LogP contribution in [-0.4, -0.2) is 49.5 Å². The van der Waals surface area contributed by atoms with E-state index < -0.39 is 39.9 Å². The van der Waals surface area contributed by atoms with E-state index >= 15 is 0 Å². The first kappa shape index (κ1) is 28.3. The minimum atomic E-state index is -3.81. The van der Waals surface area contributed by atoms with Crippen molar-refractivity contribution in [2.75, 3.05) is 17.1 Å². The number of rotatable bonds is 9. The fraction of sp³-hybridized carbons (Fsp3) is 0.462. The molecule has 0 fully saturated rings. The molecule has 2 aromatic rings. The van der Waals surface area contributed by atoms with Crippen LogP contribution in [-0.2, 0) is 26.2 Å². The molecule has 9 heteroatoms. The van der Waals surface area contributed by atoms with Crippen molar-refractivity contribution in [1.29, 1.82) is 0 Å². The summed E-state index contributed by atoms with van der Waals surface area (Å²) in [5.41, 5.74) is 2.07. The Morgan fingerprint density at radius 2 is 1.66 bits per heavy atom. The van der Waals surface area contributed by atoms with Gasteiger partial charge in [-0.25, -0.2) is 12.8 Å². The lowest BCUT2D eigenvalue weighted by Crippen LogP contribution is -2.55. The topological polar surface area (TPSA) is 86.8 Å². The zero-order chi connectivity index (χ0) is 26.6. The second kappa shape index (κ2) is 11.2. The van der Waals surface area contributed by atoms with E-state index in [-0.39, 0.29) is 12.5 Å². The molecule has 0 aromatic heterocycles. The molecule has 192 valence electrons. The van der Waals surface area contributed by atoms with Gasteiger partial charge in [-0.2, -0.15) is 0 Å². The van der Waals surface area contributed by atoms with E-state index in [0.29, 0.717) is 23.2 Å². The predicted molar refractivity (Wildman–Crippen MR) is 137 cm³/mol. The monoisotopic (exact) mass is 505 g/mol. The second-order valence-electron chi connectivity index (χ2n) is 9.87. The molecular weight excluding hydrogens is 469 g/mol. The summed E-state index contributed by atoms with van der Waals surface area (Å²) < 4.78 is 40.0. The molecule has 0 aliphatic carbocycles. The number of aryl methyl sites for hydroxylation is 2. The van der Waals surface area contributed by atoms with Crippen LogP contribution in [0.2, 0.25) is 0 Å². The lowest BCUT2D eigenvalue weighted by atomic mass is 10.1. The fourth-order valence-corrected chi connectivity index (χ4v) is 4.64. The quantitative estimate of drug-likeness (QED) is 0.560. The van der Waals surface area contributed by atoms with Crippen LogP contribution in [0.5, 0.6) is 0 Å². The SMILES string of the molecule is CC[C@H](C(=O)NC(C)(C)C)N(Cc1ccc(F)cc1)C(=O)CN(c1cc(C)ccc1C)S(C)(=O)=O. The first-order valence-corrected chi connectivity index (χ1v) is 13.4. The van der Waals surface area contributed by atoms with E-state index in [1.807, 2.05) is 33.8 Å². The van der Waals surface area contributed by atoms with Gasteiger partial charge in [0.1, 0.15) is 18.4 Å². The van der Waals surface area contributed by atoms with Crippen LogP contribution in [0.1, 0.15) is 50.8 Å². The van der Waals surface area contributed by atoms with Crippen molar-refractivity contribution < 1.29 is 22.4 Å². The van der Waals surface area contributed by atoms with Gasteiger partial charge in [0.25, 0.3) is 0 Å². The smallest absolute Gasteiger partial charge is 0.244 e. The molecule has 0 heterocycles. The highest BCUT2D eigenvalue weighted by Crippen LogP contribution is 2.25. The van der Waals surface area contributed by atoms with Crippen LogP contribution in [0.25, 0.3) is 0 Å². The lowest BCUT2D eigenvalue weighted by molar-refractivity contribution is -0.141. The summed E-state index contributed by atoms with van der Waals surface area (Å²) in [6, 6.07) is 10.2. The van der Waals surface area contributed by atoms with Gasteiger partial charge in [-0.3, -0.25) is 13.9 Å². The van der Waals surface area contributed by atoms with E-state index in [1.165, 1.54) is 17.0 Å². The van der Waals surface area contributed by atoms with E-state index in [0.717, 1.165) is 16.1 Å². The minimum Gasteiger partial charge on any atom is -0.350 e. The summed E-state index contributed by atoms with van der Waals surface area (Å²) in [4.78, 5) is 28.2. The summed E-state index contributed by atoms with van der Waals surface area (Å²) in [5.74, 6) is -1.29. The Morgan fingerprint density at radius 3 is 2.17 bits per heavy atom. The Kier molecular flexibility index (Phi) is 9.06. The molecule has 0 radical (unpaired) electrons. The molecule has 2 amide bonds. The maximum Gasteiger partial charge on any atom is 0.244 e. The van der Waals surface area contributed by atoms with Crippen molar-refractivity contribution in [1.82, 2.24) is 10.2 Å². The number of sulfonamides is 1. The molecule has 0 unspecified atom stereocenters. The van der Waals surface area contributed by atoms with Gasteiger partial charge >= 0.3 is 0 Å². The number of halogens is 1. The van der Waals surface area contributed by atoms with Gasteiger partial charge in [0.05, 0.1) is 11.9 Å². The maximum absolute atomic E-state index is 13.7. The van der Waals surface area contributed by atoms with E-state index in [1.54, 1.807) is 38.1 Å². The summed E-state index contributed by atoms with van der Waals surface area (Å²) in [7, 11) is -3.81. The highest BCUT2D eigenvalue weighted by Gasteiger charge is 2.33. The molecule has 35 heavy (non-hydrogen) atoms. The first-order valence-electron chi connectivity index (χ1n) is 11.5. The van der Waals surface area contributed by atoms with Gasteiger partial charge in [0.15, 0.2) is 0 Å². The molecule has 0 aliphatic rings. The molecule has 1 atom stereocenters. The number of carbonyl (C=O) groups excluding carboxylic acids is 2. The Balaban J connectivity index is 2.49. The Labute approximate surface area is 208 Å².